The number of hydrogen-bond acceptors (Lipinski definition) is 6. The minimum Gasteiger partial charge on any atom is -0.493 e. The summed E-state index contributed by atoms with van der Waals surface area (Å²) in [6.07, 6.45) is 2.90. The molecule has 27 heavy (non-hydrogen) atoms. The summed E-state index contributed by atoms with van der Waals surface area (Å²) >= 11 is 0. The Morgan fingerprint density at radius 3 is 2.52 bits per heavy atom. The van der Waals surface area contributed by atoms with Crippen LogP contribution in [0.25, 0.3) is 0 Å². The van der Waals surface area contributed by atoms with Crippen LogP contribution in [0.3, 0.4) is 0 Å². The Balaban J connectivity index is 0.00000364. The number of nitro benzene ring substituents is 1. The SMILES string of the molecule is CCOc1cc(C(=O)N2CCC(CCNC)CC2)c([N+](=O)[O-])cc1OC.Cl. The molecule has 1 N–H and O–H groups in total. The molecular weight excluding hydrogens is 374 g/mol. The number of benzene rings is 1. The second-order valence-electron chi connectivity index (χ2n) is 6.34. The molecule has 1 saturated heterocycles. The predicted molar refractivity (Wildman–Crippen MR) is 105 cm³/mol. The standard InChI is InChI=1S/C18H27N3O5.ClH/c1-4-26-17-11-14(15(21(23)24)12-16(17)25-3)18(22)20-9-6-13(7-10-20)5-8-19-2;/h11-13,19H,4-10H2,1-3H3;1H. The summed E-state index contributed by atoms with van der Waals surface area (Å²) in [4.78, 5) is 25.5. The molecule has 0 saturated carbocycles. The zero-order chi connectivity index (χ0) is 19.1. The lowest BCUT2D eigenvalue weighted by Crippen LogP contribution is -2.39. The predicted octanol–water partition coefficient (Wildman–Crippen LogP) is 2.89. The fraction of sp³-hybridized carbons (Fsp3) is 0.611. The molecule has 152 valence electrons. The highest BCUT2D eigenvalue weighted by atomic mass is 35.5. The Morgan fingerprint density at radius 2 is 2.00 bits per heavy atom. The van der Waals surface area contributed by atoms with E-state index >= 15 is 0 Å². The van der Waals surface area contributed by atoms with E-state index in [2.05, 4.69) is 5.32 Å². The fourth-order valence-electron chi connectivity index (χ4n) is 3.24. The van der Waals surface area contributed by atoms with Crippen LogP contribution in [-0.2, 0) is 0 Å². The van der Waals surface area contributed by atoms with Gasteiger partial charge in [-0.05, 0) is 45.7 Å². The number of nitrogens with one attached hydrogen (secondary N) is 1. The average molecular weight is 402 g/mol. The maximum Gasteiger partial charge on any atom is 0.286 e. The highest BCUT2D eigenvalue weighted by Crippen LogP contribution is 2.36. The van der Waals surface area contributed by atoms with Gasteiger partial charge < -0.3 is 19.7 Å². The van der Waals surface area contributed by atoms with Crippen molar-refractivity contribution < 1.29 is 19.2 Å². The number of likely N-dealkylation sites (tertiary alicyclic amines) is 1. The van der Waals surface area contributed by atoms with Crippen molar-refractivity contribution in [3.05, 3.63) is 27.8 Å². The lowest BCUT2D eigenvalue weighted by molar-refractivity contribution is -0.385. The first kappa shape index (κ1) is 23.0. The number of amides is 1. The van der Waals surface area contributed by atoms with Crippen LogP contribution >= 0.6 is 12.4 Å². The molecular formula is C18H28ClN3O5. The molecule has 0 aliphatic carbocycles. The molecule has 8 nitrogen and oxygen atoms in total. The summed E-state index contributed by atoms with van der Waals surface area (Å²) in [5, 5.41) is 14.6. The number of ether oxygens (including phenoxy) is 2. The van der Waals surface area contributed by atoms with Crippen LogP contribution < -0.4 is 14.8 Å². The van der Waals surface area contributed by atoms with Crippen molar-refractivity contribution in [3.63, 3.8) is 0 Å². The van der Waals surface area contributed by atoms with Gasteiger partial charge in [-0.1, -0.05) is 0 Å². The van der Waals surface area contributed by atoms with Gasteiger partial charge in [0.15, 0.2) is 11.5 Å². The zero-order valence-corrected chi connectivity index (χ0v) is 16.8. The lowest BCUT2D eigenvalue weighted by atomic mass is 9.93. The van der Waals surface area contributed by atoms with Crippen molar-refractivity contribution in [2.75, 3.05) is 40.4 Å². The molecule has 1 amide bonds. The van der Waals surface area contributed by atoms with Gasteiger partial charge in [0.1, 0.15) is 5.56 Å². The number of nitrogens with zero attached hydrogens (tertiary/aromatic N) is 2. The first-order valence-corrected chi connectivity index (χ1v) is 8.94. The van der Waals surface area contributed by atoms with Crippen LogP contribution in [-0.4, -0.2) is 56.1 Å². The topological polar surface area (TPSA) is 93.9 Å². The molecule has 1 aliphatic heterocycles. The van der Waals surface area contributed by atoms with Gasteiger partial charge in [-0.15, -0.1) is 12.4 Å². The molecule has 0 radical (unpaired) electrons. The number of piperidine rings is 1. The van der Waals surface area contributed by atoms with Gasteiger partial charge in [-0.2, -0.15) is 0 Å². The molecule has 1 aromatic carbocycles. The van der Waals surface area contributed by atoms with E-state index in [1.165, 1.54) is 19.2 Å². The van der Waals surface area contributed by atoms with E-state index in [0.717, 1.165) is 25.8 Å². The number of methoxy groups -OCH3 is 1. The highest BCUT2D eigenvalue weighted by Gasteiger charge is 2.30. The van der Waals surface area contributed by atoms with E-state index in [9.17, 15) is 14.9 Å². The van der Waals surface area contributed by atoms with E-state index in [0.29, 0.717) is 31.4 Å². The third kappa shape index (κ3) is 5.71. The normalized spacial score (nSPS) is 14.4. The monoisotopic (exact) mass is 401 g/mol. The van der Waals surface area contributed by atoms with Gasteiger partial charge >= 0.3 is 0 Å². The van der Waals surface area contributed by atoms with Gasteiger partial charge in [0, 0.05) is 19.2 Å². The third-order valence-electron chi connectivity index (χ3n) is 4.71. The Labute approximate surface area is 165 Å². The van der Waals surface area contributed by atoms with Crippen LogP contribution in [0.5, 0.6) is 11.5 Å². The maximum atomic E-state index is 12.9. The lowest BCUT2D eigenvalue weighted by Gasteiger charge is -2.32. The van der Waals surface area contributed by atoms with Crippen molar-refractivity contribution in [2.45, 2.75) is 26.2 Å². The van der Waals surface area contributed by atoms with Gasteiger partial charge in [-0.3, -0.25) is 14.9 Å². The first-order chi connectivity index (χ1) is 12.5. The minimum atomic E-state index is -0.550. The van der Waals surface area contributed by atoms with Crippen LogP contribution in [0.15, 0.2) is 12.1 Å². The van der Waals surface area contributed by atoms with Crippen LogP contribution in [0.4, 0.5) is 5.69 Å². The minimum absolute atomic E-state index is 0. The summed E-state index contributed by atoms with van der Waals surface area (Å²) in [5.74, 6) is 0.845. The summed E-state index contributed by atoms with van der Waals surface area (Å²) in [6, 6.07) is 2.69. The smallest absolute Gasteiger partial charge is 0.286 e. The Hall–Kier alpha value is -2.06. The maximum absolute atomic E-state index is 12.9. The van der Waals surface area contributed by atoms with Gasteiger partial charge in [0.25, 0.3) is 11.6 Å². The van der Waals surface area contributed by atoms with Crippen molar-refractivity contribution in [2.24, 2.45) is 5.92 Å². The summed E-state index contributed by atoms with van der Waals surface area (Å²) in [7, 11) is 3.34. The van der Waals surface area contributed by atoms with E-state index in [4.69, 9.17) is 9.47 Å². The Kier molecular flexibility index (Phi) is 9.31. The number of hydrogen-bond donors (Lipinski definition) is 1. The molecule has 0 bridgehead atoms. The molecule has 1 aliphatic rings. The third-order valence-corrected chi connectivity index (χ3v) is 4.71. The van der Waals surface area contributed by atoms with Crippen LogP contribution in [0, 0.1) is 16.0 Å². The molecule has 0 spiro atoms. The molecule has 0 unspecified atom stereocenters. The molecule has 9 heteroatoms. The number of halogens is 1. The number of carbonyl (C=O) groups excluding carboxylic acids is 1. The first-order valence-electron chi connectivity index (χ1n) is 8.94. The van der Waals surface area contributed by atoms with Gasteiger partial charge in [0.05, 0.1) is 24.7 Å². The van der Waals surface area contributed by atoms with Crippen molar-refractivity contribution in [1.82, 2.24) is 10.2 Å². The second-order valence-corrected chi connectivity index (χ2v) is 6.34. The van der Waals surface area contributed by atoms with Crippen LogP contribution in [0.2, 0.25) is 0 Å². The highest BCUT2D eigenvalue weighted by molar-refractivity contribution is 5.99. The zero-order valence-electron chi connectivity index (χ0n) is 16.0. The summed E-state index contributed by atoms with van der Waals surface area (Å²) in [6.45, 7) is 4.36. The van der Waals surface area contributed by atoms with E-state index in [-0.39, 0.29) is 35.3 Å². The molecule has 1 fully saturated rings. The van der Waals surface area contributed by atoms with Crippen molar-refractivity contribution in [3.8, 4) is 11.5 Å². The Bertz CT molecular complexity index is 648. The van der Waals surface area contributed by atoms with E-state index in [1.54, 1.807) is 11.8 Å². The fourth-order valence-corrected chi connectivity index (χ4v) is 3.24. The Morgan fingerprint density at radius 1 is 1.33 bits per heavy atom. The average Bonchev–Trinajstić information content (AvgIpc) is 2.66. The quantitative estimate of drug-likeness (QED) is 0.531. The van der Waals surface area contributed by atoms with E-state index in [1.807, 2.05) is 7.05 Å². The number of carbonyl (C=O) groups is 1. The summed E-state index contributed by atoms with van der Waals surface area (Å²) in [5.41, 5.74) is -0.208. The second kappa shape index (κ2) is 10.9. The molecule has 1 aromatic rings. The molecule has 0 atom stereocenters. The molecule has 1 heterocycles. The van der Waals surface area contributed by atoms with Gasteiger partial charge in [0.2, 0.25) is 0 Å². The largest absolute Gasteiger partial charge is 0.493 e. The summed E-state index contributed by atoms with van der Waals surface area (Å²) < 4.78 is 10.6. The molecule has 0 aromatic heterocycles. The van der Waals surface area contributed by atoms with E-state index < -0.39 is 4.92 Å². The van der Waals surface area contributed by atoms with Gasteiger partial charge in [-0.25, -0.2) is 0 Å². The number of nitro groups is 1. The van der Waals surface area contributed by atoms with Crippen molar-refractivity contribution >= 4 is 24.0 Å². The van der Waals surface area contributed by atoms with Crippen molar-refractivity contribution in [1.29, 1.82) is 0 Å². The molecule has 2 rings (SSSR count). The van der Waals surface area contributed by atoms with Crippen LogP contribution in [0.1, 0.15) is 36.5 Å². The number of rotatable bonds is 8.